The molecule has 2 heterocycles. The van der Waals surface area contributed by atoms with Gasteiger partial charge in [-0.25, -0.2) is 0 Å². The van der Waals surface area contributed by atoms with Crippen LogP contribution in [-0.4, -0.2) is 24.5 Å². The minimum Gasteiger partial charge on any atom is -0.387 e. The molecule has 3 aromatic rings. The predicted molar refractivity (Wildman–Crippen MR) is 149 cm³/mol. The molecule has 4 aliphatic rings. The van der Waals surface area contributed by atoms with Crippen LogP contribution >= 0.6 is 0 Å². The number of aromatic nitrogens is 1. The third-order valence-electron chi connectivity index (χ3n) is 9.84. The molecule has 7 rings (SSSR count). The van der Waals surface area contributed by atoms with Gasteiger partial charge in [-0.1, -0.05) is 49.4 Å². The van der Waals surface area contributed by atoms with Gasteiger partial charge in [0, 0.05) is 37.4 Å². The van der Waals surface area contributed by atoms with Crippen LogP contribution in [0.3, 0.4) is 0 Å². The molecule has 4 atom stereocenters. The van der Waals surface area contributed by atoms with E-state index in [1.54, 1.807) is 18.3 Å². The highest BCUT2D eigenvalue weighted by molar-refractivity contribution is 5.91. The molecule has 0 saturated heterocycles. The van der Waals surface area contributed by atoms with Gasteiger partial charge in [0.1, 0.15) is 5.54 Å². The zero-order valence-electron chi connectivity index (χ0n) is 21.8. The van der Waals surface area contributed by atoms with E-state index in [2.05, 4.69) is 60.4 Å². The summed E-state index contributed by atoms with van der Waals surface area (Å²) in [6.07, 6.45) is 10.3. The van der Waals surface area contributed by atoms with Gasteiger partial charge in [-0.05, 0) is 101 Å². The van der Waals surface area contributed by atoms with Crippen LogP contribution in [0.4, 0.5) is 0 Å². The number of nitrogens with two attached hydrogens (primary N) is 1. The lowest BCUT2D eigenvalue weighted by Crippen LogP contribution is -2.49. The van der Waals surface area contributed by atoms with Crippen molar-refractivity contribution in [3.63, 3.8) is 0 Å². The molecule has 2 spiro atoms. The number of aryl methyl sites for hydroxylation is 1. The Hall–Kier alpha value is -3.24. The van der Waals surface area contributed by atoms with Crippen LogP contribution in [0.15, 0.2) is 77.6 Å². The monoisotopic (exact) mass is 489 g/mol. The van der Waals surface area contributed by atoms with Crippen molar-refractivity contribution in [3.8, 4) is 11.1 Å². The highest BCUT2D eigenvalue weighted by Crippen LogP contribution is 2.72. The summed E-state index contributed by atoms with van der Waals surface area (Å²) in [6.45, 7) is 3.06. The first-order valence-electron chi connectivity index (χ1n) is 13.8. The topological polar surface area (TPSA) is 60.5 Å². The highest BCUT2D eigenvalue weighted by atomic mass is 16.5. The lowest BCUT2D eigenvalue weighted by Gasteiger charge is -2.48. The molecule has 1 aromatic heterocycles. The summed E-state index contributed by atoms with van der Waals surface area (Å²) < 4.78 is 5.49. The standard InChI is InChI=1S/C33H35N3O/c1-21-26(10-6-16-37-2)30-28-19-32(14-13-22-7-3-4-9-27(22)28)18-24-12-11-23(25-8-5-15-35-20-25)17-29(24)33(30,32)36-31(21)34/h3-5,7-9,11-12,15,17,20-21,26H,6,10,13-14,16,18-19H2,1-2H3,(H2,34,36). The maximum Gasteiger partial charge on any atom is 0.116 e. The summed E-state index contributed by atoms with van der Waals surface area (Å²) >= 11 is 0. The van der Waals surface area contributed by atoms with Gasteiger partial charge in [0.2, 0.25) is 0 Å². The Bertz CT molecular complexity index is 1440. The first-order chi connectivity index (χ1) is 18.1. The number of allylic oxidation sites excluding steroid dienone is 1. The second-order valence-electron chi connectivity index (χ2n) is 11.6. The van der Waals surface area contributed by atoms with E-state index in [9.17, 15) is 0 Å². The van der Waals surface area contributed by atoms with E-state index in [0.717, 1.165) is 56.5 Å². The number of fused-ring (bicyclic) bond motifs is 4. The van der Waals surface area contributed by atoms with Crippen molar-refractivity contribution in [2.45, 2.75) is 51.0 Å². The van der Waals surface area contributed by atoms with E-state index in [0.29, 0.717) is 5.92 Å². The third-order valence-corrected chi connectivity index (χ3v) is 9.84. The first kappa shape index (κ1) is 22.9. The average Bonchev–Trinajstić information content (AvgIpc) is 3.26. The van der Waals surface area contributed by atoms with Crippen molar-refractivity contribution in [2.24, 2.45) is 28.0 Å². The van der Waals surface area contributed by atoms with Crippen LogP contribution in [0.1, 0.15) is 54.9 Å². The summed E-state index contributed by atoms with van der Waals surface area (Å²) in [4.78, 5) is 10.0. The lowest BCUT2D eigenvalue weighted by atomic mass is 9.61. The SMILES string of the molecule is COCCCC1C2=C3CC4(CCc5ccccc53)Cc3ccc(-c5cccnc5)cc3C24N=C(N)C1C. The smallest absolute Gasteiger partial charge is 0.116 e. The molecule has 188 valence electrons. The minimum absolute atomic E-state index is 0.0385. The van der Waals surface area contributed by atoms with Crippen molar-refractivity contribution >= 4 is 11.4 Å². The summed E-state index contributed by atoms with van der Waals surface area (Å²) in [5.41, 5.74) is 17.8. The molecule has 37 heavy (non-hydrogen) atoms. The molecule has 0 amide bonds. The molecule has 3 aliphatic carbocycles. The number of hydrogen-bond acceptors (Lipinski definition) is 4. The van der Waals surface area contributed by atoms with Crippen molar-refractivity contribution in [1.82, 2.24) is 4.98 Å². The Labute approximate surface area is 219 Å². The maximum absolute atomic E-state index is 6.89. The number of aliphatic imine (C=N–C) groups is 1. The number of pyridine rings is 1. The van der Waals surface area contributed by atoms with E-state index in [-0.39, 0.29) is 16.9 Å². The molecule has 0 saturated carbocycles. The zero-order valence-corrected chi connectivity index (χ0v) is 21.8. The fourth-order valence-electron chi connectivity index (χ4n) is 8.16. The molecular weight excluding hydrogens is 454 g/mol. The number of ether oxygens (including phenoxy) is 1. The van der Waals surface area contributed by atoms with E-state index < -0.39 is 0 Å². The quantitative estimate of drug-likeness (QED) is 0.426. The molecule has 4 unspecified atom stereocenters. The van der Waals surface area contributed by atoms with Crippen LogP contribution in [0, 0.1) is 17.3 Å². The van der Waals surface area contributed by atoms with Crippen LogP contribution in [-0.2, 0) is 23.1 Å². The normalized spacial score (nSPS) is 29.2. The van der Waals surface area contributed by atoms with E-state index in [1.807, 2.05) is 18.5 Å². The van der Waals surface area contributed by atoms with Crippen molar-refractivity contribution in [3.05, 3.63) is 94.8 Å². The van der Waals surface area contributed by atoms with Gasteiger partial charge in [-0.2, -0.15) is 0 Å². The van der Waals surface area contributed by atoms with E-state index in [4.69, 9.17) is 15.5 Å². The number of amidine groups is 1. The van der Waals surface area contributed by atoms with Crippen molar-refractivity contribution in [2.75, 3.05) is 13.7 Å². The van der Waals surface area contributed by atoms with Gasteiger partial charge in [0.25, 0.3) is 0 Å². The maximum atomic E-state index is 6.89. The van der Waals surface area contributed by atoms with Crippen LogP contribution in [0.25, 0.3) is 16.7 Å². The number of nitrogens with zero attached hydrogens (tertiary/aromatic N) is 2. The lowest BCUT2D eigenvalue weighted by molar-refractivity contribution is 0.154. The largest absolute Gasteiger partial charge is 0.387 e. The molecular formula is C33H35N3O. The molecule has 0 radical (unpaired) electrons. The zero-order chi connectivity index (χ0) is 25.2. The van der Waals surface area contributed by atoms with Gasteiger partial charge in [-0.3, -0.25) is 9.98 Å². The van der Waals surface area contributed by atoms with Crippen LogP contribution in [0.5, 0.6) is 0 Å². The van der Waals surface area contributed by atoms with Crippen molar-refractivity contribution < 1.29 is 4.74 Å². The molecule has 2 bridgehead atoms. The third kappa shape index (κ3) is 3.11. The molecule has 4 nitrogen and oxygen atoms in total. The number of rotatable bonds is 5. The van der Waals surface area contributed by atoms with Crippen LogP contribution in [0.2, 0.25) is 0 Å². The molecule has 2 N–H and O–H groups in total. The molecule has 1 aliphatic heterocycles. The fourth-order valence-corrected chi connectivity index (χ4v) is 8.16. The molecule has 0 fully saturated rings. The minimum atomic E-state index is -0.377. The number of hydrogen-bond donors (Lipinski definition) is 1. The van der Waals surface area contributed by atoms with Gasteiger partial charge >= 0.3 is 0 Å². The summed E-state index contributed by atoms with van der Waals surface area (Å²) in [6, 6.07) is 20.3. The second kappa shape index (κ2) is 8.39. The predicted octanol–water partition coefficient (Wildman–Crippen LogP) is 6.34. The molecule has 2 aromatic carbocycles. The first-order valence-corrected chi connectivity index (χ1v) is 13.8. The van der Waals surface area contributed by atoms with Gasteiger partial charge in [0.15, 0.2) is 0 Å². The number of methoxy groups -OCH3 is 1. The van der Waals surface area contributed by atoms with Gasteiger partial charge < -0.3 is 10.5 Å². The van der Waals surface area contributed by atoms with Crippen LogP contribution < -0.4 is 5.73 Å². The average molecular weight is 490 g/mol. The highest BCUT2D eigenvalue weighted by Gasteiger charge is 2.67. The summed E-state index contributed by atoms with van der Waals surface area (Å²) in [5.74, 6) is 1.41. The Balaban J connectivity index is 1.51. The summed E-state index contributed by atoms with van der Waals surface area (Å²) in [5, 5.41) is 0. The Morgan fingerprint density at radius 2 is 1.92 bits per heavy atom. The van der Waals surface area contributed by atoms with E-state index in [1.165, 1.54) is 27.8 Å². The van der Waals surface area contributed by atoms with E-state index >= 15 is 0 Å². The summed E-state index contributed by atoms with van der Waals surface area (Å²) in [7, 11) is 1.80. The molecule has 4 heteroatoms. The second-order valence-corrected chi connectivity index (χ2v) is 11.6. The Morgan fingerprint density at radius 1 is 1.03 bits per heavy atom. The Kier molecular flexibility index (Phi) is 5.20. The van der Waals surface area contributed by atoms with Crippen molar-refractivity contribution in [1.29, 1.82) is 0 Å². The Morgan fingerprint density at radius 3 is 2.76 bits per heavy atom. The number of benzene rings is 2. The van der Waals surface area contributed by atoms with Gasteiger partial charge in [0.05, 0.1) is 5.84 Å². The van der Waals surface area contributed by atoms with Gasteiger partial charge in [-0.15, -0.1) is 0 Å². The fraction of sp³-hybridized carbons (Fsp3) is 0.394.